The number of thioether (sulfide) groups is 2. The average Bonchev–Trinajstić information content (AvgIpc) is 3.20. The number of benzene rings is 1. The van der Waals surface area contributed by atoms with E-state index < -0.39 is 0 Å². The predicted octanol–water partition coefficient (Wildman–Crippen LogP) is 4.63. The topological polar surface area (TPSA) is 54.4 Å². The molecule has 0 bridgehead atoms. The maximum absolute atomic E-state index is 12.0. The molecule has 1 amide bonds. The van der Waals surface area contributed by atoms with Crippen molar-refractivity contribution in [1.82, 2.24) is 4.98 Å². The number of carbonyl (C=O) groups is 1. The first-order valence-corrected chi connectivity index (χ1v) is 10.2. The number of nitrogens with one attached hydrogen (secondary N) is 1. The summed E-state index contributed by atoms with van der Waals surface area (Å²) in [6.07, 6.45) is 0.458. The maximum atomic E-state index is 12.0. The molecule has 0 saturated heterocycles. The van der Waals surface area contributed by atoms with E-state index in [1.54, 1.807) is 23.5 Å². The van der Waals surface area contributed by atoms with Gasteiger partial charge in [0.1, 0.15) is 4.38 Å². The molecule has 4 nitrogen and oxygen atoms in total. The van der Waals surface area contributed by atoms with Gasteiger partial charge < -0.3 is 5.32 Å². The van der Waals surface area contributed by atoms with Crippen molar-refractivity contribution in [2.45, 2.75) is 6.42 Å². The highest BCUT2D eigenvalue weighted by Gasteiger charge is 2.11. The molecular weight excluding hydrogens is 370 g/mol. The molecule has 0 aliphatic carbocycles. The lowest BCUT2D eigenvalue weighted by Gasteiger charge is -2.01. The van der Waals surface area contributed by atoms with Crippen molar-refractivity contribution in [2.75, 3.05) is 23.4 Å². The molecule has 1 aliphatic rings. The van der Waals surface area contributed by atoms with Crippen LogP contribution in [-0.2, 0) is 4.79 Å². The van der Waals surface area contributed by atoms with Gasteiger partial charge in [-0.2, -0.15) is 0 Å². The third kappa shape index (κ3) is 4.97. The Morgan fingerprint density at radius 3 is 2.91 bits per heavy atom. The van der Waals surface area contributed by atoms with Crippen LogP contribution in [0.4, 0.5) is 5.13 Å². The summed E-state index contributed by atoms with van der Waals surface area (Å²) in [5, 5.41) is 6.10. The van der Waals surface area contributed by atoms with Crippen molar-refractivity contribution in [3.8, 4) is 11.3 Å². The Labute approximate surface area is 152 Å². The molecule has 1 aromatic carbocycles. The number of anilines is 1. The summed E-state index contributed by atoms with van der Waals surface area (Å²) in [5.41, 5.74) is 1.83. The molecule has 0 saturated carbocycles. The molecule has 1 aromatic heterocycles. The highest BCUT2D eigenvalue weighted by Crippen LogP contribution is 2.26. The monoisotopic (exact) mass is 383 g/mol. The number of carbonyl (C=O) groups excluding carboxylic acids is 1. The third-order valence-electron chi connectivity index (χ3n) is 3.00. The summed E-state index contributed by atoms with van der Waals surface area (Å²) in [4.78, 5) is 20.8. The fourth-order valence-corrected chi connectivity index (χ4v) is 4.78. The lowest BCUT2D eigenvalue weighted by molar-refractivity contribution is -0.115. The first kappa shape index (κ1) is 16.8. The molecule has 0 fully saturated rings. The summed E-state index contributed by atoms with van der Waals surface area (Å²) in [5.74, 6) is 1.78. The van der Waals surface area contributed by atoms with E-state index in [2.05, 4.69) is 15.3 Å². The summed E-state index contributed by atoms with van der Waals surface area (Å²) in [6.45, 7) is 0.895. The minimum Gasteiger partial charge on any atom is -0.302 e. The lowest BCUT2D eigenvalue weighted by Crippen LogP contribution is -2.12. The van der Waals surface area contributed by atoms with Crippen molar-refractivity contribution < 1.29 is 4.79 Å². The van der Waals surface area contributed by atoms with E-state index in [0.29, 0.717) is 16.6 Å². The van der Waals surface area contributed by atoms with Crippen molar-refractivity contribution >= 4 is 61.9 Å². The Balaban J connectivity index is 1.50. The number of aliphatic imine (C=N–C) groups is 1. The van der Waals surface area contributed by atoms with Crippen LogP contribution in [0.15, 0.2) is 34.6 Å². The molecule has 120 valence electrons. The zero-order valence-electron chi connectivity index (χ0n) is 12.1. The van der Waals surface area contributed by atoms with Crippen LogP contribution < -0.4 is 5.32 Å². The van der Waals surface area contributed by atoms with Crippen LogP contribution in [0.2, 0.25) is 5.02 Å². The molecule has 1 N–H and O–H groups in total. The van der Waals surface area contributed by atoms with Crippen molar-refractivity contribution in [3.05, 3.63) is 34.7 Å². The number of rotatable bonds is 5. The number of thiazole rings is 1. The number of amides is 1. The molecular formula is C15H14ClN3OS3. The van der Waals surface area contributed by atoms with Crippen LogP contribution in [0.3, 0.4) is 0 Å². The summed E-state index contributed by atoms with van der Waals surface area (Å²) in [7, 11) is 0. The summed E-state index contributed by atoms with van der Waals surface area (Å²) in [6, 6.07) is 7.49. The predicted molar refractivity (Wildman–Crippen MR) is 103 cm³/mol. The number of halogens is 1. The van der Waals surface area contributed by atoms with Gasteiger partial charge in [0.05, 0.1) is 12.2 Å². The summed E-state index contributed by atoms with van der Waals surface area (Å²) < 4.78 is 1.09. The highest BCUT2D eigenvalue weighted by molar-refractivity contribution is 8.39. The molecule has 0 spiro atoms. The van der Waals surface area contributed by atoms with Gasteiger partial charge in [-0.1, -0.05) is 47.3 Å². The zero-order valence-corrected chi connectivity index (χ0v) is 15.3. The second-order valence-electron chi connectivity index (χ2n) is 4.69. The summed E-state index contributed by atoms with van der Waals surface area (Å²) >= 11 is 10.7. The average molecular weight is 384 g/mol. The van der Waals surface area contributed by atoms with Gasteiger partial charge in [-0.15, -0.1) is 11.3 Å². The minimum atomic E-state index is -0.0156. The Hall–Kier alpha value is -1.02. The van der Waals surface area contributed by atoms with Gasteiger partial charge >= 0.3 is 0 Å². The molecule has 2 aromatic rings. The molecule has 0 radical (unpaired) electrons. The highest BCUT2D eigenvalue weighted by atomic mass is 35.5. The van der Waals surface area contributed by atoms with Crippen LogP contribution in [0.25, 0.3) is 11.3 Å². The fourth-order valence-electron chi connectivity index (χ4n) is 1.90. The molecule has 1 aliphatic heterocycles. The van der Waals surface area contributed by atoms with Crippen LogP contribution >= 0.6 is 46.5 Å². The lowest BCUT2D eigenvalue weighted by atomic mass is 10.2. The van der Waals surface area contributed by atoms with Crippen LogP contribution in [0.5, 0.6) is 0 Å². The SMILES string of the molecule is O=C(CCSC1=NCCS1)Nc1nc(-c2ccc(Cl)cc2)cs1. The number of nitrogens with zero attached hydrogens (tertiary/aromatic N) is 2. The molecule has 0 atom stereocenters. The Morgan fingerprint density at radius 2 is 2.17 bits per heavy atom. The third-order valence-corrected chi connectivity index (χ3v) is 6.27. The van der Waals surface area contributed by atoms with E-state index in [9.17, 15) is 4.79 Å². The Morgan fingerprint density at radius 1 is 1.35 bits per heavy atom. The quantitative estimate of drug-likeness (QED) is 0.817. The second-order valence-corrected chi connectivity index (χ2v) is 8.41. The van der Waals surface area contributed by atoms with E-state index >= 15 is 0 Å². The Bertz CT molecular complexity index is 715. The Kier molecular flexibility index (Phi) is 5.99. The smallest absolute Gasteiger partial charge is 0.226 e. The molecule has 3 rings (SSSR count). The van der Waals surface area contributed by atoms with Gasteiger partial charge in [0, 0.05) is 33.9 Å². The van der Waals surface area contributed by atoms with Gasteiger partial charge in [0.15, 0.2) is 5.13 Å². The molecule has 23 heavy (non-hydrogen) atoms. The first-order valence-electron chi connectivity index (χ1n) is 7.02. The van der Waals surface area contributed by atoms with Gasteiger partial charge in [0.25, 0.3) is 0 Å². The number of hydrogen-bond donors (Lipinski definition) is 1. The van der Waals surface area contributed by atoms with Gasteiger partial charge in [0.2, 0.25) is 5.91 Å². The maximum Gasteiger partial charge on any atom is 0.226 e. The van der Waals surface area contributed by atoms with Crippen LogP contribution in [0.1, 0.15) is 6.42 Å². The van der Waals surface area contributed by atoms with Crippen LogP contribution in [-0.4, -0.2) is 33.3 Å². The molecule has 8 heteroatoms. The van der Waals surface area contributed by atoms with Crippen LogP contribution in [0, 0.1) is 0 Å². The van der Waals surface area contributed by atoms with Crippen molar-refractivity contribution in [1.29, 1.82) is 0 Å². The van der Waals surface area contributed by atoms with Gasteiger partial charge in [-0.3, -0.25) is 9.79 Å². The van der Waals surface area contributed by atoms with Crippen molar-refractivity contribution in [3.63, 3.8) is 0 Å². The normalized spacial score (nSPS) is 13.9. The van der Waals surface area contributed by atoms with Gasteiger partial charge in [-0.25, -0.2) is 4.98 Å². The number of aromatic nitrogens is 1. The van der Waals surface area contributed by atoms with E-state index in [1.165, 1.54) is 11.3 Å². The van der Waals surface area contributed by atoms with Gasteiger partial charge in [-0.05, 0) is 12.1 Å². The molecule has 0 unspecified atom stereocenters. The fraction of sp³-hybridized carbons (Fsp3) is 0.267. The minimum absolute atomic E-state index is 0.0156. The molecule has 2 heterocycles. The zero-order chi connectivity index (χ0) is 16.1. The van der Waals surface area contributed by atoms with Crippen molar-refractivity contribution in [2.24, 2.45) is 4.99 Å². The van der Waals surface area contributed by atoms with E-state index in [-0.39, 0.29) is 5.91 Å². The van der Waals surface area contributed by atoms with E-state index in [1.807, 2.05) is 29.6 Å². The first-order chi connectivity index (χ1) is 11.2. The van der Waals surface area contributed by atoms with E-state index in [4.69, 9.17) is 11.6 Å². The van der Waals surface area contributed by atoms with E-state index in [0.717, 1.165) is 33.7 Å². The largest absolute Gasteiger partial charge is 0.302 e. The second kappa shape index (κ2) is 8.19. The number of hydrogen-bond acceptors (Lipinski definition) is 6. The standard InChI is InChI=1S/C15H14ClN3OS3/c16-11-3-1-10(2-4-11)12-9-23-14(18-12)19-13(20)5-7-21-15-17-6-8-22-15/h1-4,9H,5-8H2,(H,18,19,20).